The van der Waals surface area contributed by atoms with Crippen molar-refractivity contribution in [1.82, 2.24) is 10.3 Å². The maximum absolute atomic E-state index is 11.8. The van der Waals surface area contributed by atoms with Gasteiger partial charge in [-0.2, -0.15) is 0 Å². The van der Waals surface area contributed by atoms with Crippen LogP contribution in [0.4, 0.5) is 5.82 Å². The fourth-order valence-corrected chi connectivity index (χ4v) is 1.86. The molecule has 0 spiro atoms. The Balaban J connectivity index is 1.96. The minimum atomic E-state index is -0.447. The van der Waals surface area contributed by atoms with Crippen molar-refractivity contribution in [2.45, 2.75) is 6.17 Å². The number of hydrogen-bond donors (Lipinski definition) is 2. The van der Waals surface area contributed by atoms with Gasteiger partial charge in [-0.15, -0.1) is 0 Å². The second kappa shape index (κ2) is 3.78. The van der Waals surface area contributed by atoms with Crippen molar-refractivity contribution < 1.29 is 9.21 Å². The van der Waals surface area contributed by atoms with Crippen molar-refractivity contribution in [3.63, 3.8) is 0 Å². The highest BCUT2D eigenvalue weighted by Gasteiger charge is 2.27. The third-order valence-corrected chi connectivity index (χ3v) is 2.69. The number of anilines is 1. The van der Waals surface area contributed by atoms with Crippen molar-refractivity contribution in [3.8, 4) is 0 Å². The van der Waals surface area contributed by atoms with Gasteiger partial charge in [0.05, 0.1) is 5.56 Å². The highest BCUT2D eigenvalue weighted by molar-refractivity contribution is 6.28. The van der Waals surface area contributed by atoms with Crippen LogP contribution in [0.5, 0.6) is 0 Å². The molecule has 2 aromatic rings. The number of furan rings is 1. The molecular weight excluding hydrogens is 242 g/mol. The molecular formula is C11H8ClN3O2. The summed E-state index contributed by atoms with van der Waals surface area (Å²) in [4.78, 5) is 15.9. The zero-order valence-corrected chi connectivity index (χ0v) is 9.36. The maximum Gasteiger partial charge on any atom is 0.256 e. The van der Waals surface area contributed by atoms with Gasteiger partial charge in [-0.3, -0.25) is 4.79 Å². The second-order valence-electron chi connectivity index (χ2n) is 3.59. The first-order valence-corrected chi connectivity index (χ1v) is 5.39. The number of amides is 1. The number of nitrogens with one attached hydrogen (secondary N) is 2. The molecule has 1 aliphatic rings. The van der Waals surface area contributed by atoms with Gasteiger partial charge in [0, 0.05) is 6.20 Å². The van der Waals surface area contributed by atoms with Crippen LogP contribution in [0, 0.1) is 0 Å². The predicted octanol–water partition coefficient (Wildman–Crippen LogP) is 2.18. The van der Waals surface area contributed by atoms with Crippen LogP contribution in [0.2, 0.25) is 5.22 Å². The summed E-state index contributed by atoms with van der Waals surface area (Å²) in [5, 5.41) is 6.10. The van der Waals surface area contributed by atoms with Crippen molar-refractivity contribution in [2.24, 2.45) is 0 Å². The molecule has 2 aromatic heterocycles. The van der Waals surface area contributed by atoms with Crippen LogP contribution in [0.15, 0.2) is 34.9 Å². The van der Waals surface area contributed by atoms with Crippen LogP contribution >= 0.6 is 11.6 Å². The van der Waals surface area contributed by atoms with E-state index in [1.807, 2.05) is 0 Å². The number of carbonyl (C=O) groups is 1. The minimum absolute atomic E-state index is 0.190. The summed E-state index contributed by atoms with van der Waals surface area (Å²) >= 11 is 5.69. The van der Waals surface area contributed by atoms with Crippen LogP contribution in [0.1, 0.15) is 22.3 Å². The first kappa shape index (κ1) is 10.2. The number of halogens is 1. The molecule has 1 amide bonds. The van der Waals surface area contributed by atoms with Gasteiger partial charge in [0.25, 0.3) is 5.91 Å². The molecule has 0 fully saturated rings. The van der Waals surface area contributed by atoms with E-state index in [0.29, 0.717) is 17.1 Å². The van der Waals surface area contributed by atoms with Gasteiger partial charge < -0.3 is 15.1 Å². The Bertz CT molecular complexity index is 582. The minimum Gasteiger partial charge on any atom is -0.445 e. The molecule has 0 saturated heterocycles. The van der Waals surface area contributed by atoms with Gasteiger partial charge >= 0.3 is 0 Å². The number of carbonyl (C=O) groups excluding carboxylic acids is 1. The molecule has 3 heterocycles. The fraction of sp³-hybridized carbons (Fsp3) is 0.0909. The smallest absolute Gasteiger partial charge is 0.256 e. The average molecular weight is 250 g/mol. The van der Waals surface area contributed by atoms with Crippen LogP contribution in [-0.2, 0) is 0 Å². The van der Waals surface area contributed by atoms with E-state index in [2.05, 4.69) is 15.6 Å². The summed E-state index contributed by atoms with van der Waals surface area (Å²) in [6.07, 6.45) is 1.17. The normalized spacial score (nSPS) is 18.2. The predicted molar refractivity (Wildman–Crippen MR) is 61.8 cm³/mol. The molecule has 1 aliphatic heterocycles. The molecule has 1 atom stereocenters. The monoisotopic (exact) mass is 249 g/mol. The second-order valence-corrected chi connectivity index (χ2v) is 3.96. The lowest BCUT2D eigenvalue weighted by atomic mass is 10.2. The van der Waals surface area contributed by atoms with E-state index in [1.54, 1.807) is 30.5 Å². The molecule has 3 rings (SSSR count). The molecule has 1 unspecified atom stereocenters. The molecule has 0 aliphatic carbocycles. The van der Waals surface area contributed by atoms with Crippen LogP contribution in [0.25, 0.3) is 0 Å². The Morgan fingerprint density at radius 3 is 2.94 bits per heavy atom. The van der Waals surface area contributed by atoms with Crippen LogP contribution < -0.4 is 10.6 Å². The van der Waals surface area contributed by atoms with E-state index in [9.17, 15) is 4.79 Å². The number of nitrogens with zero attached hydrogens (tertiary/aromatic N) is 1. The lowest BCUT2D eigenvalue weighted by Gasteiger charge is -2.25. The first-order chi connectivity index (χ1) is 8.24. The van der Waals surface area contributed by atoms with Crippen molar-refractivity contribution in [1.29, 1.82) is 0 Å². The number of hydrogen-bond acceptors (Lipinski definition) is 4. The summed E-state index contributed by atoms with van der Waals surface area (Å²) in [6.45, 7) is 0. The van der Waals surface area contributed by atoms with E-state index >= 15 is 0 Å². The van der Waals surface area contributed by atoms with Crippen LogP contribution in [0.3, 0.4) is 0 Å². The number of pyridine rings is 1. The van der Waals surface area contributed by atoms with Crippen molar-refractivity contribution >= 4 is 23.3 Å². The van der Waals surface area contributed by atoms with Crippen molar-refractivity contribution in [2.75, 3.05) is 5.32 Å². The van der Waals surface area contributed by atoms with Crippen LogP contribution in [-0.4, -0.2) is 10.9 Å². The third-order valence-electron chi connectivity index (χ3n) is 2.49. The van der Waals surface area contributed by atoms with Gasteiger partial charge in [-0.05, 0) is 35.9 Å². The Kier molecular flexibility index (Phi) is 2.26. The highest BCUT2D eigenvalue weighted by atomic mass is 35.5. The quantitative estimate of drug-likeness (QED) is 0.813. The summed E-state index contributed by atoms with van der Waals surface area (Å²) in [6, 6.07) is 6.74. The summed E-state index contributed by atoms with van der Waals surface area (Å²) < 4.78 is 5.25. The van der Waals surface area contributed by atoms with Gasteiger partial charge in [0.1, 0.15) is 11.6 Å². The Morgan fingerprint density at radius 1 is 1.29 bits per heavy atom. The van der Waals surface area contributed by atoms with E-state index in [-0.39, 0.29) is 11.1 Å². The zero-order chi connectivity index (χ0) is 11.8. The van der Waals surface area contributed by atoms with Gasteiger partial charge in [-0.1, -0.05) is 0 Å². The van der Waals surface area contributed by atoms with E-state index in [0.717, 1.165) is 0 Å². The first-order valence-electron chi connectivity index (χ1n) is 5.02. The topological polar surface area (TPSA) is 67.2 Å². The van der Waals surface area contributed by atoms with Gasteiger partial charge in [0.2, 0.25) is 0 Å². The zero-order valence-electron chi connectivity index (χ0n) is 8.61. The Morgan fingerprint density at radius 2 is 2.18 bits per heavy atom. The molecule has 6 heteroatoms. The maximum atomic E-state index is 11.8. The van der Waals surface area contributed by atoms with E-state index in [1.165, 1.54) is 0 Å². The average Bonchev–Trinajstić information content (AvgIpc) is 2.76. The molecule has 0 radical (unpaired) electrons. The summed E-state index contributed by atoms with van der Waals surface area (Å²) in [5.41, 5.74) is 0.515. The molecule has 0 bridgehead atoms. The van der Waals surface area contributed by atoms with E-state index in [4.69, 9.17) is 16.0 Å². The molecule has 0 aromatic carbocycles. The standard InChI is InChI=1S/C11H8ClN3O2/c12-8-4-3-7(17-8)10-14-9-6(11(16)15-10)2-1-5-13-9/h1-5,10H,(H,13,14)(H,15,16). The third kappa shape index (κ3) is 1.74. The molecule has 86 valence electrons. The number of rotatable bonds is 1. The number of fused-ring (bicyclic) bond motifs is 1. The highest BCUT2D eigenvalue weighted by Crippen LogP contribution is 2.26. The molecule has 2 N–H and O–H groups in total. The summed E-state index contributed by atoms with van der Waals surface area (Å²) in [5.74, 6) is 0.887. The Hall–Kier alpha value is -2.01. The molecule has 17 heavy (non-hydrogen) atoms. The van der Waals surface area contributed by atoms with Gasteiger partial charge in [-0.25, -0.2) is 4.98 Å². The van der Waals surface area contributed by atoms with Gasteiger partial charge in [0.15, 0.2) is 11.4 Å². The summed E-state index contributed by atoms with van der Waals surface area (Å²) in [7, 11) is 0. The van der Waals surface area contributed by atoms with Crippen molar-refractivity contribution in [3.05, 3.63) is 47.0 Å². The molecule has 0 saturated carbocycles. The largest absolute Gasteiger partial charge is 0.445 e. The number of aromatic nitrogens is 1. The Labute approximate surface area is 102 Å². The lowest BCUT2D eigenvalue weighted by Crippen LogP contribution is -2.38. The SMILES string of the molecule is O=C1NC(c2ccc(Cl)o2)Nc2ncccc21. The van der Waals surface area contributed by atoms with E-state index < -0.39 is 6.17 Å². The fourth-order valence-electron chi connectivity index (χ4n) is 1.71. The molecule has 5 nitrogen and oxygen atoms in total. The lowest BCUT2D eigenvalue weighted by molar-refractivity contribution is 0.0930.